The minimum absolute atomic E-state index is 0.148. The van der Waals surface area contributed by atoms with Gasteiger partial charge >= 0.3 is 5.63 Å². The molecule has 1 heterocycles. The zero-order valence-electron chi connectivity index (χ0n) is 11.5. The number of nitrogens with zero attached hydrogens (tertiary/aromatic N) is 1. The quantitative estimate of drug-likeness (QED) is 0.666. The molecule has 2 aromatic carbocycles. The van der Waals surface area contributed by atoms with Gasteiger partial charge in [0.15, 0.2) is 4.90 Å². The van der Waals surface area contributed by atoms with Gasteiger partial charge in [0.2, 0.25) is 9.84 Å². The predicted molar refractivity (Wildman–Crippen MR) is 84.1 cm³/mol. The maximum absolute atomic E-state index is 12.6. The van der Waals surface area contributed by atoms with E-state index in [0.29, 0.717) is 10.4 Å². The molecule has 0 saturated carbocycles. The molecule has 0 saturated heterocycles. The molecule has 23 heavy (non-hydrogen) atoms. The molecule has 0 aliphatic carbocycles. The van der Waals surface area contributed by atoms with Gasteiger partial charge in [0.25, 0.3) is 0 Å². The highest BCUT2D eigenvalue weighted by Gasteiger charge is 2.23. The molecule has 0 unspecified atom stereocenters. The fourth-order valence-corrected chi connectivity index (χ4v) is 3.64. The third-order valence-corrected chi connectivity index (χ3v) is 5.20. The molecule has 5 nitrogen and oxygen atoms in total. The van der Waals surface area contributed by atoms with E-state index in [4.69, 9.17) is 21.3 Å². The lowest BCUT2D eigenvalue weighted by atomic mass is 10.2. The number of halogens is 1. The van der Waals surface area contributed by atoms with E-state index in [-0.39, 0.29) is 16.0 Å². The van der Waals surface area contributed by atoms with Gasteiger partial charge in [0.05, 0.1) is 16.5 Å². The highest BCUT2D eigenvalue weighted by Crippen LogP contribution is 2.24. The Morgan fingerprint density at radius 1 is 1.09 bits per heavy atom. The molecule has 3 rings (SSSR count). The molecule has 3 aromatic rings. The van der Waals surface area contributed by atoms with E-state index in [9.17, 15) is 13.2 Å². The second-order valence-electron chi connectivity index (χ2n) is 4.72. The molecule has 1 aromatic heterocycles. The third kappa shape index (κ3) is 2.72. The van der Waals surface area contributed by atoms with Crippen molar-refractivity contribution < 1.29 is 12.8 Å². The van der Waals surface area contributed by atoms with Crippen LogP contribution in [0.3, 0.4) is 0 Å². The summed E-state index contributed by atoms with van der Waals surface area (Å²) in [6.45, 7) is 0. The lowest BCUT2D eigenvalue weighted by molar-refractivity contribution is 0.532. The van der Waals surface area contributed by atoms with Gasteiger partial charge in [0, 0.05) is 10.4 Å². The number of nitriles is 1. The molecule has 0 aliphatic rings. The van der Waals surface area contributed by atoms with Crippen molar-refractivity contribution in [3.05, 3.63) is 69.5 Å². The second kappa shape index (κ2) is 5.54. The van der Waals surface area contributed by atoms with Crippen LogP contribution in [0.15, 0.2) is 67.5 Å². The molecule has 0 N–H and O–H groups in total. The molecular weight excluding hydrogens is 338 g/mol. The standard InChI is InChI=1S/C16H8ClNO4S/c17-12-4-5-14-11(7-12)8-15(16(19)22-14)23(20,21)13-3-1-2-10(6-13)9-18/h1-8H. The fourth-order valence-electron chi connectivity index (χ4n) is 2.12. The van der Waals surface area contributed by atoms with E-state index in [1.165, 1.54) is 48.5 Å². The topological polar surface area (TPSA) is 88.1 Å². The molecule has 114 valence electrons. The van der Waals surface area contributed by atoms with Crippen LogP contribution in [0.25, 0.3) is 11.0 Å². The summed E-state index contributed by atoms with van der Waals surface area (Å²) in [5.74, 6) is 0. The lowest BCUT2D eigenvalue weighted by Gasteiger charge is -2.05. The summed E-state index contributed by atoms with van der Waals surface area (Å²) < 4.78 is 30.4. The normalized spacial score (nSPS) is 11.3. The molecule has 0 bridgehead atoms. The Kier molecular flexibility index (Phi) is 3.68. The van der Waals surface area contributed by atoms with Crippen molar-refractivity contribution in [3.63, 3.8) is 0 Å². The average Bonchev–Trinajstić information content (AvgIpc) is 2.54. The molecular formula is C16H8ClNO4S. The van der Waals surface area contributed by atoms with E-state index in [0.717, 1.165) is 0 Å². The molecule has 0 aliphatic heterocycles. The van der Waals surface area contributed by atoms with Crippen molar-refractivity contribution in [2.75, 3.05) is 0 Å². The van der Waals surface area contributed by atoms with Crippen LogP contribution in [0, 0.1) is 11.3 Å². The molecule has 0 spiro atoms. The maximum atomic E-state index is 12.6. The molecule has 0 amide bonds. The zero-order valence-corrected chi connectivity index (χ0v) is 13.1. The van der Waals surface area contributed by atoms with Gasteiger partial charge in [-0.2, -0.15) is 5.26 Å². The summed E-state index contributed by atoms with van der Waals surface area (Å²) in [6.07, 6.45) is 0. The van der Waals surface area contributed by atoms with Gasteiger partial charge in [0.1, 0.15) is 5.58 Å². The average molecular weight is 346 g/mol. The largest absolute Gasteiger partial charge is 0.422 e. The van der Waals surface area contributed by atoms with Gasteiger partial charge in [-0.1, -0.05) is 17.7 Å². The van der Waals surface area contributed by atoms with Gasteiger partial charge < -0.3 is 4.42 Å². The van der Waals surface area contributed by atoms with Crippen LogP contribution in [0.2, 0.25) is 5.02 Å². The SMILES string of the molecule is N#Cc1cccc(S(=O)(=O)c2cc3cc(Cl)ccc3oc2=O)c1. The first-order valence-corrected chi connectivity index (χ1v) is 8.26. The first-order valence-electron chi connectivity index (χ1n) is 6.40. The smallest absolute Gasteiger partial charge is 0.355 e. The summed E-state index contributed by atoms with van der Waals surface area (Å²) in [6, 6.07) is 13.1. The van der Waals surface area contributed by atoms with Crippen molar-refractivity contribution in [1.29, 1.82) is 5.26 Å². The Morgan fingerprint density at radius 2 is 1.87 bits per heavy atom. The van der Waals surface area contributed by atoms with Crippen molar-refractivity contribution in [2.45, 2.75) is 9.79 Å². The lowest BCUT2D eigenvalue weighted by Crippen LogP contribution is -2.14. The van der Waals surface area contributed by atoms with E-state index < -0.39 is 20.4 Å². The Morgan fingerprint density at radius 3 is 2.61 bits per heavy atom. The Labute approximate surface area is 136 Å². The number of sulfone groups is 1. The predicted octanol–water partition coefficient (Wildman–Crippen LogP) is 3.15. The highest BCUT2D eigenvalue weighted by atomic mass is 35.5. The highest BCUT2D eigenvalue weighted by molar-refractivity contribution is 7.91. The van der Waals surface area contributed by atoms with Crippen molar-refractivity contribution in [1.82, 2.24) is 0 Å². The Hall–Kier alpha value is -2.62. The van der Waals surface area contributed by atoms with E-state index in [1.54, 1.807) is 0 Å². The van der Waals surface area contributed by atoms with Crippen molar-refractivity contribution >= 4 is 32.4 Å². The van der Waals surface area contributed by atoms with Crippen molar-refractivity contribution in [2.24, 2.45) is 0 Å². The third-order valence-electron chi connectivity index (χ3n) is 3.23. The molecule has 0 fully saturated rings. The van der Waals surface area contributed by atoms with Crippen LogP contribution in [0.5, 0.6) is 0 Å². The first-order chi connectivity index (χ1) is 10.9. The molecule has 0 radical (unpaired) electrons. The van der Waals surface area contributed by atoms with Crippen LogP contribution >= 0.6 is 11.6 Å². The first kappa shape index (κ1) is 15.3. The number of benzene rings is 2. The fraction of sp³-hybridized carbons (Fsp3) is 0. The van der Waals surface area contributed by atoms with E-state index in [1.807, 2.05) is 6.07 Å². The summed E-state index contributed by atoms with van der Waals surface area (Å²) in [5, 5.41) is 9.67. The number of hydrogen-bond acceptors (Lipinski definition) is 5. The summed E-state index contributed by atoms with van der Waals surface area (Å²) in [5.41, 5.74) is -0.550. The number of rotatable bonds is 2. The van der Waals surface area contributed by atoms with Crippen LogP contribution in [-0.4, -0.2) is 8.42 Å². The van der Waals surface area contributed by atoms with Gasteiger partial charge in [-0.05, 0) is 42.5 Å². The summed E-state index contributed by atoms with van der Waals surface area (Å²) >= 11 is 5.88. The Bertz CT molecular complexity index is 1130. The number of fused-ring (bicyclic) bond motifs is 1. The van der Waals surface area contributed by atoms with Crippen LogP contribution in [0.4, 0.5) is 0 Å². The number of hydrogen-bond donors (Lipinski definition) is 0. The van der Waals surface area contributed by atoms with E-state index in [2.05, 4.69) is 0 Å². The molecule has 0 atom stereocenters. The van der Waals surface area contributed by atoms with Crippen LogP contribution in [0.1, 0.15) is 5.56 Å². The zero-order chi connectivity index (χ0) is 16.6. The van der Waals surface area contributed by atoms with E-state index >= 15 is 0 Å². The minimum atomic E-state index is -4.11. The second-order valence-corrected chi connectivity index (χ2v) is 7.08. The Balaban J connectivity index is 2.28. The maximum Gasteiger partial charge on any atom is 0.355 e. The monoisotopic (exact) mass is 345 g/mol. The van der Waals surface area contributed by atoms with Crippen LogP contribution < -0.4 is 5.63 Å². The van der Waals surface area contributed by atoms with Gasteiger partial charge in [-0.15, -0.1) is 0 Å². The minimum Gasteiger partial charge on any atom is -0.422 e. The van der Waals surface area contributed by atoms with Gasteiger partial charge in [-0.25, -0.2) is 13.2 Å². The summed E-state index contributed by atoms with van der Waals surface area (Å²) in [7, 11) is -4.11. The van der Waals surface area contributed by atoms with Crippen LogP contribution in [-0.2, 0) is 9.84 Å². The van der Waals surface area contributed by atoms with Crippen molar-refractivity contribution in [3.8, 4) is 6.07 Å². The summed E-state index contributed by atoms with van der Waals surface area (Å²) in [4.78, 5) is 11.4. The molecule has 7 heteroatoms. The van der Waals surface area contributed by atoms with Gasteiger partial charge in [-0.3, -0.25) is 0 Å².